The van der Waals surface area contributed by atoms with Crippen molar-refractivity contribution < 1.29 is 38.4 Å². The van der Waals surface area contributed by atoms with Crippen molar-refractivity contribution in [2.45, 2.75) is 38.1 Å². The van der Waals surface area contributed by atoms with E-state index in [-0.39, 0.29) is 25.9 Å². The first kappa shape index (κ1) is 30.3. The van der Waals surface area contributed by atoms with Gasteiger partial charge in [0.1, 0.15) is 6.61 Å². The maximum atomic E-state index is 13.6. The number of likely N-dealkylation sites (tertiary alicyclic amines) is 1. The molecule has 3 unspecified atom stereocenters. The Morgan fingerprint density at radius 3 is 2.49 bits per heavy atom. The fraction of sp³-hybridized carbons (Fsp3) is 0.533. The highest BCUT2D eigenvalue weighted by atomic mass is 16.7. The van der Waals surface area contributed by atoms with E-state index in [2.05, 4.69) is 6.92 Å². The average Bonchev–Trinajstić information content (AvgIpc) is 3.60. The van der Waals surface area contributed by atoms with Gasteiger partial charge < -0.3 is 39.4 Å². The number of carbonyl (C=O) groups excluding carboxylic acids is 1. The number of carboxylic acids is 1. The number of nitrogens with two attached hydrogens (primary N) is 1. The molecule has 1 amide bonds. The van der Waals surface area contributed by atoms with Crippen molar-refractivity contribution in [3.8, 4) is 28.7 Å². The molecule has 2 heterocycles. The molecule has 0 spiro atoms. The van der Waals surface area contributed by atoms with Gasteiger partial charge in [0.05, 0.1) is 32.7 Å². The van der Waals surface area contributed by atoms with E-state index in [1.165, 1.54) is 7.11 Å². The number of benzene rings is 2. The molecule has 4 rings (SSSR count). The van der Waals surface area contributed by atoms with Gasteiger partial charge in [-0.15, -0.1) is 0 Å². The normalized spacial score (nSPS) is 19.7. The minimum absolute atomic E-state index is 0.0535. The van der Waals surface area contributed by atoms with Crippen molar-refractivity contribution in [1.82, 2.24) is 9.80 Å². The summed E-state index contributed by atoms with van der Waals surface area (Å²) in [7, 11) is 3.09. The topological polar surface area (TPSA) is 133 Å². The van der Waals surface area contributed by atoms with Gasteiger partial charge in [-0.2, -0.15) is 0 Å². The summed E-state index contributed by atoms with van der Waals surface area (Å²) in [6.07, 6.45) is 2.54. The largest absolute Gasteiger partial charge is 0.493 e. The molecule has 2 aliphatic heterocycles. The molecule has 2 aromatic rings. The highest BCUT2D eigenvalue weighted by molar-refractivity contribution is 5.79. The molecule has 0 saturated carbocycles. The second-order valence-electron chi connectivity index (χ2n) is 10.3. The number of aliphatic carboxylic acids is 1. The van der Waals surface area contributed by atoms with Crippen LogP contribution < -0.4 is 29.4 Å². The molecule has 0 radical (unpaired) electrons. The molecule has 3 atom stereocenters. The monoisotopic (exact) mass is 571 g/mol. The number of nitrogens with zero attached hydrogens (tertiary/aromatic N) is 2. The van der Waals surface area contributed by atoms with Crippen LogP contribution in [0.2, 0.25) is 0 Å². The van der Waals surface area contributed by atoms with Crippen LogP contribution in [0.5, 0.6) is 28.7 Å². The maximum Gasteiger partial charge on any atom is 0.308 e. The molecule has 1 saturated heterocycles. The lowest BCUT2D eigenvalue weighted by molar-refractivity contribution is -0.144. The standard InChI is InChI=1S/C30H41N3O8/c1-4-5-12-32(13-8-11-31)27(34)17-33-16-21(20-14-25(38-3)29-26(15-20)40-19-41-29)28(30(35)36)22(33)18-39-24-10-7-6-9-23(24)37-2/h6-7,9-10,14-15,21-22,28H,4-5,8,11-13,16-19,31H2,1-3H3,(H,35,36). The van der Waals surface area contributed by atoms with Crippen LogP contribution in [0, 0.1) is 5.92 Å². The number of carboxylic acid groups (broad SMARTS) is 1. The third-order valence-corrected chi connectivity index (χ3v) is 7.73. The molecule has 2 aromatic carbocycles. The third-order valence-electron chi connectivity index (χ3n) is 7.73. The number of hydrogen-bond acceptors (Lipinski definition) is 9. The number of unbranched alkanes of at least 4 members (excludes halogenated alkanes) is 1. The molecular weight excluding hydrogens is 530 g/mol. The van der Waals surface area contributed by atoms with Gasteiger partial charge in [-0.25, -0.2) is 0 Å². The first-order chi connectivity index (χ1) is 19.9. The first-order valence-electron chi connectivity index (χ1n) is 14.1. The summed E-state index contributed by atoms with van der Waals surface area (Å²) in [4.78, 5) is 30.2. The highest BCUT2D eigenvalue weighted by Crippen LogP contribution is 2.47. The molecule has 0 aromatic heterocycles. The van der Waals surface area contributed by atoms with Crippen LogP contribution in [0.3, 0.4) is 0 Å². The third kappa shape index (κ3) is 6.97. The molecule has 11 heteroatoms. The van der Waals surface area contributed by atoms with Gasteiger partial charge in [0, 0.05) is 25.6 Å². The summed E-state index contributed by atoms with van der Waals surface area (Å²) < 4.78 is 28.3. The van der Waals surface area contributed by atoms with Crippen LogP contribution in [0.15, 0.2) is 36.4 Å². The average molecular weight is 572 g/mol. The molecule has 224 valence electrons. The van der Waals surface area contributed by atoms with Crippen LogP contribution in [-0.2, 0) is 9.59 Å². The second-order valence-corrected chi connectivity index (χ2v) is 10.3. The van der Waals surface area contributed by atoms with Gasteiger partial charge in [-0.05, 0) is 49.2 Å². The Morgan fingerprint density at radius 2 is 1.80 bits per heavy atom. The van der Waals surface area contributed by atoms with Crippen molar-refractivity contribution in [1.29, 1.82) is 0 Å². The van der Waals surface area contributed by atoms with Crippen molar-refractivity contribution >= 4 is 11.9 Å². The highest BCUT2D eigenvalue weighted by Gasteiger charge is 2.48. The van der Waals surface area contributed by atoms with E-state index in [1.807, 2.05) is 28.0 Å². The van der Waals surface area contributed by atoms with E-state index in [9.17, 15) is 14.7 Å². The number of hydrogen-bond donors (Lipinski definition) is 2. The van der Waals surface area contributed by atoms with Crippen LogP contribution >= 0.6 is 0 Å². The molecule has 0 bridgehead atoms. The van der Waals surface area contributed by atoms with Crippen LogP contribution in [0.25, 0.3) is 0 Å². The van der Waals surface area contributed by atoms with E-state index >= 15 is 0 Å². The summed E-state index contributed by atoms with van der Waals surface area (Å²) in [6, 6.07) is 10.2. The minimum Gasteiger partial charge on any atom is -0.493 e. The molecule has 2 aliphatic rings. The Balaban J connectivity index is 1.66. The summed E-state index contributed by atoms with van der Waals surface area (Å²) in [5.74, 6) is 0.184. The summed E-state index contributed by atoms with van der Waals surface area (Å²) in [5.41, 5.74) is 6.47. The summed E-state index contributed by atoms with van der Waals surface area (Å²) in [5, 5.41) is 10.5. The number of ether oxygens (including phenoxy) is 5. The van der Waals surface area contributed by atoms with Crippen LogP contribution in [-0.4, -0.2) is 93.2 Å². The fourth-order valence-corrected chi connectivity index (χ4v) is 5.58. The van der Waals surface area contributed by atoms with E-state index in [0.717, 1.165) is 18.4 Å². The molecule has 0 aliphatic carbocycles. The maximum absolute atomic E-state index is 13.6. The summed E-state index contributed by atoms with van der Waals surface area (Å²) in [6.45, 7) is 4.30. The Kier molecular flexibility index (Phi) is 10.5. The lowest BCUT2D eigenvalue weighted by Gasteiger charge is -2.29. The quantitative estimate of drug-likeness (QED) is 0.329. The van der Waals surface area contributed by atoms with Gasteiger partial charge in [0.25, 0.3) is 0 Å². The lowest BCUT2D eigenvalue weighted by Crippen LogP contribution is -2.47. The lowest BCUT2D eigenvalue weighted by atomic mass is 9.85. The van der Waals surface area contributed by atoms with Crippen LogP contribution in [0.4, 0.5) is 0 Å². The molecule has 1 fully saturated rings. The number of para-hydroxylation sites is 2. The molecule has 3 N–H and O–H groups in total. The Hall–Kier alpha value is -3.70. The number of carbonyl (C=O) groups is 2. The predicted octanol–water partition coefficient (Wildman–Crippen LogP) is 2.96. The Bertz CT molecular complexity index is 1180. The molecule has 41 heavy (non-hydrogen) atoms. The van der Waals surface area contributed by atoms with E-state index in [1.54, 1.807) is 25.3 Å². The van der Waals surface area contributed by atoms with Gasteiger partial charge >= 0.3 is 5.97 Å². The molecular formula is C30H41N3O8. The fourth-order valence-electron chi connectivity index (χ4n) is 5.58. The van der Waals surface area contributed by atoms with Gasteiger partial charge in [-0.3, -0.25) is 14.5 Å². The van der Waals surface area contributed by atoms with E-state index < -0.39 is 23.8 Å². The smallest absolute Gasteiger partial charge is 0.308 e. The van der Waals surface area contributed by atoms with E-state index in [0.29, 0.717) is 61.3 Å². The minimum atomic E-state index is -0.971. The van der Waals surface area contributed by atoms with Crippen molar-refractivity contribution in [2.24, 2.45) is 11.7 Å². The zero-order chi connectivity index (χ0) is 29.4. The zero-order valence-electron chi connectivity index (χ0n) is 24.0. The SMILES string of the molecule is CCCCN(CCCN)C(=O)CN1CC(c2cc(OC)c3c(c2)OCO3)C(C(=O)O)C1COc1ccccc1OC. The van der Waals surface area contributed by atoms with Crippen molar-refractivity contribution in [2.75, 3.05) is 60.3 Å². The van der Waals surface area contributed by atoms with Crippen molar-refractivity contribution in [3.63, 3.8) is 0 Å². The predicted molar refractivity (Wildman–Crippen MR) is 152 cm³/mol. The number of amides is 1. The van der Waals surface area contributed by atoms with E-state index in [4.69, 9.17) is 29.4 Å². The zero-order valence-corrected chi connectivity index (χ0v) is 24.0. The number of fused-ring (bicyclic) bond motifs is 1. The Morgan fingerprint density at radius 1 is 1.07 bits per heavy atom. The Labute approximate surface area is 241 Å². The number of rotatable bonds is 15. The van der Waals surface area contributed by atoms with Crippen LogP contribution in [0.1, 0.15) is 37.7 Å². The molecule has 11 nitrogen and oxygen atoms in total. The first-order valence-corrected chi connectivity index (χ1v) is 14.1. The second kappa shape index (κ2) is 14.3. The van der Waals surface area contributed by atoms with Gasteiger partial charge in [0.15, 0.2) is 23.0 Å². The summed E-state index contributed by atoms with van der Waals surface area (Å²) >= 11 is 0. The van der Waals surface area contributed by atoms with Crippen molar-refractivity contribution in [3.05, 3.63) is 42.0 Å². The number of methoxy groups -OCH3 is 2. The van der Waals surface area contributed by atoms with Gasteiger partial charge in [-0.1, -0.05) is 25.5 Å². The van der Waals surface area contributed by atoms with Gasteiger partial charge in [0.2, 0.25) is 18.4 Å².